The molecule has 6 rings (SSSR count). The standard InChI is InChI=1S/C34H30Br3N3O3/c1-2-42-29-17-24(30(36)31(37)32(29)43-20-23-13-8-12-21-9-6-7-14-26(21)23)19-38-40-33(22-10-4-3-5-11-22)39-28-16-15-25(35)18-27(28)34(40)41/h6-9,12-19,22H,2-5,10-11,20H2,1H3. The Bertz CT molecular complexity index is 1890. The van der Waals surface area contributed by atoms with Crippen LogP contribution in [0.3, 0.4) is 0 Å². The van der Waals surface area contributed by atoms with Crippen LogP contribution in [0.4, 0.5) is 0 Å². The number of nitrogens with zero attached hydrogens (tertiary/aromatic N) is 3. The minimum absolute atomic E-state index is 0.182. The van der Waals surface area contributed by atoms with Crippen molar-refractivity contribution in [2.75, 3.05) is 6.61 Å². The summed E-state index contributed by atoms with van der Waals surface area (Å²) in [6, 6.07) is 22.0. The van der Waals surface area contributed by atoms with Gasteiger partial charge in [0.1, 0.15) is 12.4 Å². The molecule has 0 spiro atoms. The van der Waals surface area contributed by atoms with Crippen LogP contribution in [0.2, 0.25) is 0 Å². The topological polar surface area (TPSA) is 65.7 Å². The largest absolute Gasteiger partial charge is 0.490 e. The summed E-state index contributed by atoms with van der Waals surface area (Å²) in [6.45, 7) is 2.77. The third-order valence-electron chi connectivity index (χ3n) is 7.82. The molecule has 4 aromatic carbocycles. The first-order valence-corrected chi connectivity index (χ1v) is 16.8. The third-order valence-corrected chi connectivity index (χ3v) is 10.5. The molecule has 9 heteroatoms. The maximum Gasteiger partial charge on any atom is 0.282 e. The molecule has 1 aliphatic rings. The molecule has 1 heterocycles. The highest BCUT2D eigenvalue weighted by atomic mass is 79.9. The number of hydrogen-bond donors (Lipinski definition) is 0. The highest BCUT2D eigenvalue weighted by Gasteiger charge is 2.23. The lowest BCUT2D eigenvalue weighted by Gasteiger charge is -2.23. The van der Waals surface area contributed by atoms with Crippen molar-refractivity contribution >= 4 is 75.7 Å². The predicted molar refractivity (Wildman–Crippen MR) is 184 cm³/mol. The van der Waals surface area contributed by atoms with Gasteiger partial charge in [0.2, 0.25) is 0 Å². The first-order chi connectivity index (χ1) is 20.9. The predicted octanol–water partition coefficient (Wildman–Crippen LogP) is 9.74. The molecule has 0 saturated heterocycles. The van der Waals surface area contributed by atoms with Crippen molar-refractivity contribution in [3.8, 4) is 11.5 Å². The van der Waals surface area contributed by atoms with E-state index >= 15 is 0 Å². The molecule has 5 aromatic rings. The molecule has 0 aliphatic heterocycles. The zero-order chi connectivity index (χ0) is 29.9. The van der Waals surface area contributed by atoms with Gasteiger partial charge >= 0.3 is 0 Å². The van der Waals surface area contributed by atoms with Gasteiger partial charge in [0.15, 0.2) is 11.5 Å². The van der Waals surface area contributed by atoms with Gasteiger partial charge in [-0.05, 0) is 92.2 Å². The zero-order valence-electron chi connectivity index (χ0n) is 23.7. The average Bonchev–Trinajstić information content (AvgIpc) is 3.03. The molecular weight excluding hydrogens is 738 g/mol. The monoisotopic (exact) mass is 765 g/mol. The van der Waals surface area contributed by atoms with Gasteiger partial charge in [-0.1, -0.05) is 77.7 Å². The van der Waals surface area contributed by atoms with E-state index < -0.39 is 0 Å². The molecule has 6 nitrogen and oxygen atoms in total. The lowest BCUT2D eigenvalue weighted by molar-refractivity contribution is 0.268. The number of ether oxygens (including phenoxy) is 2. The molecule has 0 unspecified atom stereocenters. The molecule has 1 aliphatic carbocycles. The lowest BCUT2D eigenvalue weighted by atomic mass is 9.88. The van der Waals surface area contributed by atoms with Gasteiger partial charge in [-0.25, -0.2) is 4.98 Å². The second-order valence-corrected chi connectivity index (χ2v) is 13.1. The molecule has 1 fully saturated rings. The summed E-state index contributed by atoms with van der Waals surface area (Å²) in [5, 5.41) is 7.59. The number of rotatable bonds is 8. The Balaban J connectivity index is 1.38. The minimum atomic E-state index is -0.182. The fourth-order valence-electron chi connectivity index (χ4n) is 5.69. The molecule has 0 N–H and O–H groups in total. The number of halogens is 3. The Kier molecular flexibility index (Phi) is 9.31. The van der Waals surface area contributed by atoms with Crippen LogP contribution in [-0.2, 0) is 6.61 Å². The van der Waals surface area contributed by atoms with Crippen LogP contribution >= 0.6 is 47.8 Å². The van der Waals surface area contributed by atoms with E-state index in [1.54, 1.807) is 6.21 Å². The van der Waals surface area contributed by atoms with E-state index in [1.165, 1.54) is 16.5 Å². The maximum absolute atomic E-state index is 13.8. The van der Waals surface area contributed by atoms with E-state index in [9.17, 15) is 4.79 Å². The molecule has 0 amide bonds. The fourth-order valence-corrected chi connectivity index (χ4v) is 6.98. The van der Waals surface area contributed by atoms with Crippen molar-refractivity contribution in [3.63, 3.8) is 0 Å². The summed E-state index contributed by atoms with van der Waals surface area (Å²) < 4.78 is 16.2. The SMILES string of the molecule is CCOc1cc(C=Nn2c(C3CCCCC3)nc3ccc(Br)cc3c2=O)c(Br)c(Br)c1OCc1cccc2ccccc12. The first-order valence-electron chi connectivity index (χ1n) is 14.5. The Morgan fingerprint density at radius 2 is 1.72 bits per heavy atom. The van der Waals surface area contributed by atoms with Crippen LogP contribution in [0, 0.1) is 0 Å². The molecule has 1 saturated carbocycles. The van der Waals surface area contributed by atoms with Crippen molar-refractivity contribution in [2.24, 2.45) is 5.10 Å². The lowest BCUT2D eigenvalue weighted by Crippen LogP contribution is -2.25. The van der Waals surface area contributed by atoms with E-state index in [4.69, 9.17) is 19.6 Å². The molecular formula is C34H30Br3N3O3. The Hall–Kier alpha value is -3.01. The van der Waals surface area contributed by atoms with Gasteiger partial charge in [-0.3, -0.25) is 4.79 Å². The number of aromatic nitrogens is 2. The zero-order valence-corrected chi connectivity index (χ0v) is 28.4. The summed E-state index contributed by atoms with van der Waals surface area (Å²) >= 11 is 11.0. The van der Waals surface area contributed by atoms with Crippen molar-refractivity contribution in [1.29, 1.82) is 0 Å². The van der Waals surface area contributed by atoms with E-state index in [-0.39, 0.29) is 11.5 Å². The van der Waals surface area contributed by atoms with Gasteiger partial charge in [0.05, 0.1) is 28.2 Å². The third kappa shape index (κ3) is 6.30. The molecule has 0 radical (unpaired) electrons. The van der Waals surface area contributed by atoms with Gasteiger partial charge in [0, 0.05) is 20.4 Å². The summed E-state index contributed by atoms with van der Waals surface area (Å²) in [7, 11) is 0. The van der Waals surface area contributed by atoms with Gasteiger partial charge < -0.3 is 9.47 Å². The minimum Gasteiger partial charge on any atom is -0.490 e. The van der Waals surface area contributed by atoms with Crippen molar-refractivity contribution in [3.05, 3.63) is 107 Å². The first kappa shape index (κ1) is 30.0. The summed E-state index contributed by atoms with van der Waals surface area (Å²) in [5.74, 6) is 2.08. The Labute approximate surface area is 275 Å². The van der Waals surface area contributed by atoms with Crippen LogP contribution in [0.15, 0.2) is 90.0 Å². The van der Waals surface area contributed by atoms with Crippen LogP contribution < -0.4 is 15.0 Å². The normalized spacial score (nSPS) is 14.1. The molecule has 220 valence electrons. The van der Waals surface area contributed by atoms with Crippen molar-refractivity contribution in [2.45, 2.75) is 51.6 Å². The second kappa shape index (κ2) is 13.3. The average molecular weight is 768 g/mol. The highest BCUT2D eigenvalue weighted by Crippen LogP contribution is 2.43. The molecule has 0 atom stereocenters. The number of benzene rings is 4. The van der Waals surface area contributed by atoms with Crippen LogP contribution in [0.1, 0.15) is 61.9 Å². The highest BCUT2D eigenvalue weighted by molar-refractivity contribution is 9.13. The summed E-state index contributed by atoms with van der Waals surface area (Å²) in [6.07, 6.45) is 7.14. The number of hydrogen-bond acceptors (Lipinski definition) is 5. The van der Waals surface area contributed by atoms with Crippen molar-refractivity contribution in [1.82, 2.24) is 9.66 Å². The summed E-state index contributed by atoms with van der Waals surface area (Å²) in [5.41, 5.74) is 2.33. The second-order valence-electron chi connectivity index (χ2n) is 10.6. The van der Waals surface area contributed by atoms with E-state index in [1.807, 2.05) is 49.4 Å². The molecule has 0 bridgehead atoms. The van der Waals surface area contributed by atoms with E-state index in [2.05, 4.69) is 72.1 Å². The fraction of sp³-hybridized carbons (Fsp3) is 0.265. The number of fused-ring (bicyclic) bond motifs is 2. The molecule has 43 heavy (non-hydrogen) atoms. The summed E-state index contributed by atoms with van der Waals surface area (Å²) in [4.78, 5) is 18.7. The molecule has 1 aromatic heterocycles. The van der Waals surface area contributed by atoms with Gasteiger partial charge in [-0.15, -0.1) is 0 Å². The van der Waals surface area contributed by atoms with Gasteiger partial charge in [0.25, 0.3) is 5.56 Å². The van der Waals surface area contributed by atoms with Gasteiger partial charge in [-0.2, -0.15) is 9.78 Å². The van der Waals surface area contributed by atoms with Crippen LogP contribution in [0.5, 0.6) is 11.5 Å². The Morgan fingerprint density at radius 3 is 2.53 bits per heavy atom. The van der Waals surface area contributed by atoms with Crippen LogP contribution in [0.25, 0.3) is 21.7 Å². The van der Waals surface area contributed by atoms with E-state index in [0.29, 0.717) is 45.9 Å². The smallest absolute Gasteiger partial charge is 0.282 e. The van der Waals surface area contributed by atoms with E-state index in [0.717, 1.165) is 51.1 Å². The van der Waals surface area contributed by atoms with Crippen LogP contribution in [-0.4, -0.2) is 22.5 Å². The quantitative estimate of drug-likeness (QED) is 0.148. The van der Waals surface area contributed by atoms with Crippen molar-refractivity contribution < 1.29 is 9.47 Å². The maximum atomic E-state index is 13.8. The Morgan fingerprint density at radius 1 is 0.930 bits per heavy atom.